The molecule has 25 heavy (non-hydrogen) atoms. The van der Waals surface area contributed by atoms with Crippen LogP contribution in [0.3, 0.4) is 0 Å². The maximum Gasteiger partial charge on any atom is 0.275 e. The number of rotatable bonds is 6. The van der Waals surface area contributed by atoms with Crippen molar-refractivity contribution in [3.63, 3.8) is 0 Å². The van der Waals surface area contributed by atoms with Crippen molar-refractivity contribution in [1.82, 2.24) is 14.5 Å². The number of aryl methyl sites for hydroxylation is 1. The number of para-hydroxylation sites is 1. The Labute approximate surface area is 145 Å². The van der Waals surface area contributed by atoms with Crippen LogP contribution in [0.2, 0.25) is 0 Å². The van der Waals surface area contributed by atoms with Crippen molar-refractivity contribution in [2.45, 2.75) is 13.0 Å². The number of nitrogens with zero attached hydrogens (tertiary/aromatic N) is 2. The zero-order chi connectivity index (χ0) is 17.8. The van der Waals surface area contributed by atoms with Gasteiger partial charge in [0.2, 0.25) is 5.91 Å². The van der Waals surface area contributed by atoms with Crippen molar-refractivity contribution >= 4 is 16.8 Å². The van der Waals surface area contributed by atoms with Gasteiger partial charge in [0, 0.05) is 43.5 Å². The lowest BCUT2D eigenvalue weighted by Crippen LogP contribution is -2.31. The van der Waals surface area contributed by atoms with E-state index in [2.05, 4.69) is 5.32 Å². The van der Waals surface area contributed by atoms with Crippen LogP contribution in [0.4, 0.5) is 0 Å². The largest absolute Gasteiger partial charge is 0.496 e. The molecule has 0 saturated carbocycles. The van der Waals surface area contributed by atoms with Gasteiger partial charge in [0.15, 0.2) is 0 Å². The van der Waals surface area contributed by atoms with E-state index in [0.717, 1.165) is 10.9 Å². The normalized spacial score (nSPS) is 10.8. The molecule has 0 aliphatic heterocycles. The lowest BCUT2D eigenvalue weighted by atomic mass is 10.1. The fourth-order valence-corrected chi connectivity index (χ4v) is 2.91. The van der Waals surface area contributed by atoms with Gasteiger partial charge in [0.05, 0.1) is 13.5 Å². The molecular formula is C19H21N3O3. The van der Waals surface area contributed by atoms with E-state index in [1.54, 1.807) is 17.9 Å². The van der Waals surface area contributed by atoms with E-state index in [0.29, 0.717) is 24.4 Å². The van der Waals surface area contributed by atoms with Gasteiger partial charge >= 0.3 is 0 Å². The lowest BCUT2D eigenvalue weighted by Gasteiger charge is -2.10. The molecule has 0 aliphatic carbocycles. The molecule has 1 aromatic carbocycles. The summed E-state index contributed by atoms with van der Waals surface area (Å²) >= 11 is 0. The standard InChI is InChI=1S/C19H21N3O3/c1-21-10-7-14-8-11-22(19(24)18(14)21)12-9-20-17(23)13-15-5-3-4-6-16(15)25-2/h3-8,10-11H,9,12-13H2,1-2H3,(H,20,23). The summed E-state index contributed by atoms with van der Waals surface area (Å²) in [4.78, 5) is 24.6. The number of carbonyl (C=O) groups is 1. The maximum atomic E-state index is 12.5. The number of carbonyl (C=O) groups excluding carboxylic acids is 1. The average Bonchev–Trinajstić information content (AvgIpc) is 2.99. The Morgan fingerprint density at radius 2 is 1.92 bits per heavy atom. The van der Waals surface area contributed by atoms with Gasteiger partial charge in [-0.2, -0.15) is 0 Å². The Bertz CT molecular complexity index is 956. The zero-order valence-electron chi connectivity index (χ0n) is 14.4. The van der Waals surface area contributed by atoms with Gasteiger partial charge in [-0.25, -0.2) is 0 Å². The molecule has 0 spiro atoms. The molecule has 0 radical (unpaired) electrons. The zero-order valence-corrected chi connectivity index (χ0v) is 14.4. The van der Waals surface area contributed by atoms with Crippen LogP contribution in [0, 0.1) is 0 Å². The van der Waals surface area contributed by atoms with Gasteiger partial charge < -0.3 is 19.2 Å². The van der Waals surface area contributed by atoms with Gasteiger partial charge in [-0.1, -0.05) is 18.2 Å². The highest BCUT2D eigenvalue weighted by Gasteiger charge is 2.09. The number of hydrogen-bond donors (Lipinski definition) is 1. The highest BCUT2D eigenvalue weighted by atomic mass is 16.5. The first-order valence-electron chi connectivity index (χ1n) is 8.13. The predicted octanol–water partition coefficient (Wildman–Crippen LogP) is 1.71. The van der Waals surface area contributed by atoms with E-state index in [1.165, 1.54) is 0 Å². The van der Waals surface area contributed by atoms with Crippen LogP contribution < -0.4 is 15.6 Å². The van der Waals surface area contributed by atoms with Crippen LogP contribution in [-0.2, 0) is 24.8 Å². The van der Waals surface area contributed by atoms with Gasteiger partial charge in [0.1, 0.15) is 11.3 Å². The number of ether oxygens (including phenoxy) is 1. The molecule has 0 aliphatic rings. The van der Waals surface area contributed by atoms with E-state index >= 15 is 0 Å². The monoisotopic (exact) mass is 339 g/mol. The summed E-state index contributed by atoms with van der Waals surface area (Å²) in [5, 5.41) is 3.77. The van der Waals surface area contributed by atoms with Crippen LogP contribution in [0.5, 0.6) is 5.75 Å². The van der Waals surface area contributed by atoms with Crippen molar-refractivity contribution in [3.8, 4) is 5.75 Å². The lowest BCUT2D eigenvalue weighted by molar-refractivity contribution is -0.120. The summed E-state index contributed by atoms with van der Waals surface area (Å²) < 4.78 is 8.68. The minimum Gasteiger partial charge on any atom is -0.496 e. The Morgan fingerprint density at radius 3 is 2.72 bits per heavy atom. The molecule has 2 aromatic heterocycles. The van der Waals surface area contributed by atoms with Crippen molar-refractivity contribution in [1.29, 1.82) is 0 Å². The predicted molar refractivity (Wildman–Crippen MR) is 96.9 cm³/mol. The number of aromatic nitrogens is 2. The highest BCUT2D eigenvalue weighted by Crippen LogP contribution is 2.17. The van der Waals surface area contributed by atoms with Crippen molar-refractivity contribution in [2.24, 2.45) is 7.05 Å². The first-order valence-corrected chi connectivity index (χ1v) is 8.13. The molecule has 6 heteroatoms. The van der Waals surface area contributed by atoms with Crippen molar-refractivity contribution < 1.29 is 9.53 Å². The molecule has 0 saturated heterocycles. The molecule has 0 bridgehead atoms. The quantitative estimate of drug-likeness (QED) is 0.743. The number of fused-ring (bicyclic) bond motifs is 1. The summed E-state index contributed by atoms with van der Waals surface area (Å²) in [6, 6.07) is 11.3. The Hall–Kier alpha value is -3.02. The van der Waals surface area contributed by atoms with E-state index in [9.17, 15) is 9.59 Å². The minimum absolute atomic E-state index is 0.0519. The first-order chi connectivity index (χ1) is 12.1. The van der Waals surface area contributed by atoms with Crippen LogP contribution in [0.15, 0.2) is 53.6 Å². The summed E-state index contributed by atoms with van der Waals surface area (Å²) in [5.41, 5.74) is 1.46. The Kier molecular flexibility index (Phi) is 4.88. The van der Waals surface area contributed by atoms with Crippen molar-refractivity contribution in [3.05, 3.63) is 64.7 Å². The van der Waals surface area contributed by atoms with Gasteiger partial charge in [-0.3, -0.25) is 9.59 Å². The number of methoxy groups -OCH3 is 1. The number of hydrogen-bond acceptors (Lipinski definition) is 3. The highest BCUT2D eigenvalue weighted by molar-refractivity contribution is 5.79. The second-order valence-corrected chi connectivity index (χ2v) is 5.88. The minimum atomic E-state index is -0.0995. The first kappa shape index (κ1) is 16.8. The number of amides is 1. The molecule has 0 unspecified atom stereocenters. The molecule has 130 valence electrons. The second-order valence-electron chi connectivity index (χ2n) is 5.88. The van der Waals surface area contributed by atoms with Crippen LogP contribution >= 0.6 is 0 Å². The smallest absolute Gasteiger partial charge is 0.275 e. The molecule has 0 fully saturated rings. The van der Waals surface area contributed by atoms with Gasteiger partial charge in [-0.05, 0) is 18.2 Å². The Morgan fingerprint density at radius 1 is 1.16 bits per heavy atom. The van der Waals surface area contributed by atoms with Crippen molar-refractivity contribution in [2.75, 3.05) is 13.7 Å². The Balaban J connectivity index is 1.61. The number of nitrogens with one attached hydrogen (secondary N) is 1. The molecule has 3 rings (SSSR count). The van der Waals surface area contributed by atoms with Crippen LogP contribution in [0.25, 0.3) is 10.9 Å². The van der Waals surface area contributed by atoms with Crippen LogP contribution in [-0.4, -0.2) is 28.7 Å². The fourth-order valence-electron chi connectivity index (χ4n) is 2.91. The van der Waals surface area contributed by atoms with Crippen LogP contribution in [0.1, 0.15) is 5.56 Å². The van der Waals surface area contributed by atoms with E-state index in [1.807, 2.05) is 54.2 Å². The number of benzene rings is 1. The average molecular weight is 339 g/mol. The maximum absolute atomic E-state index is 12.5. The molecule has 6 nitrogen and oxygen atoms in total. The van der Waals surface area contributed by atoms with Gasteiger partial charge in [0.25, 0.3) is 5.56 Å². The molecular weight excluding hydrogens is 318 g/mol. The van der Waals surface area contributed by atoms with E-state index in [4.69, 9.17) is 4.74 Å². The molecule has 2 heterocycles. The SMILES string of the molecule is COc1ccccc1CC(=O)NCCn1ccc2ccn(C)c2c1=O. The summed E-state index contributed by atoms with van der Waals surface area (Å²) in [6.45, 7) is 0.821. The van der Waals surface area contributed by atoms with Gasteiger partial charge in [-0.15, -0.1) is 0 Å². The third-order valence-electron chi connectivity index (χ3n) is 4.22. The summed E-state index contributed by atoms with van der Waals surface area (Å²) in [6.07, 6.45) is 3.87. The summed E-state index contributed by atoms with van der Waals surface area (Å²) in [5.74, 6) is 0.598. The second kappa shape index (κ2) is 7.25. The molecule has 1 amide bonds. The third-order valence-corrected chi connectivity index (χ3v) is 4.22. The summed E-state index contributed by atoms with van der Waals surface area (Å²) in [7, 11) is 3.44. The molecule has 1 N–H and O–H groups in total. The third kappa shape index (κ3) is 3.57. The van der Waals surface area contributed by atoms with E-state index < -0.39 is 0 Å². The fraction of sp³-hybridized carbons (Fsp3) is 0.263. The molecule has 0 atom stereocenters. The topological polar surface area (TPSA) is 65.3 Å². The molecule has 3 aromatic rings. The number of pyridine rings is 1. The van der Waals surface area contributed by atoms with E-state index in [-0.39, 0.29) is 17.9 Å².